The zero-order chi connectivity index (χ0) is 12.8. The molecule has 1 aliphatic rings. The van der Waals surface area contributed by atoms with Gasteiger partial charge in [0, 0.05) is 19.5 Å². The topological polar surface area (TPSA) is 94.5 Å². The van der Waals surface area contributed by atoms with E-state index in [1.807, 2.05) is 0 Å². The van der Waals surface area contributed by atoms with Crippen LogP contribution in [0.25, 0.3) is 0 Å². The summed E-state index contributed by atoms with van der Waals surface area (Å²) in [4.78, 5) is 17.9. The Labute approximate surface area is 105 Å². The molecular formula is C11H18N4O3. The van der Waals surface area contributed by atoms with Gasteiger partial charge in [0.15, 0.2) is 5.82 Å². The van der Waals surface area contributed by atoms with Crippen molar-refractivity contribution in [3.8, 4) is 0 Å². The first kappa shape index (κ1) is 13.0. The van der Waals surface area contributed by atoms with Crippen molar-refractivity contribution in [1.29, 1.82) is 0 Å². The Morgan fingerprint density at radius 2 is 2.17 bits per heavy atom. The fourth-order valence-corrected chi connectivity index (χ4v) is 1.78. The first-order valence-electron chi connectivity index (χ1n) is 6.16. The quantitative estimate of drug-likeness (QED) is 0.751. The minimum atomic E-state index is 0.0180. The number of rotatable bonds is 5. The van der Waals surface area contributed by atoms with Gasteiger partial charge in [-0.2, -0.15) is 4.98 Å². The molecule has 1 aromatic heterocycles. The molecule has 2 rings (SSSR count). The van der Waals surface area contributed by atoms with Gasteiger partial charge in [0.1, 0.15) is 0 Å². The van der Waals surface area contributed by atoms with Gasteiger partial charge in [-0.1, -0.05) is 5.16 Å². The fourth-order valence-electron chi connectivity index (χ4n) is 1.78. The minimum absolute atomic E-state index is 0.0180. The first-order valence-corrected chi connectivity index (χ1v) is 6.16. The summed E-state index contributed by atoms with van der Waals surface area (Å²) in [5, 5.41) is 3.80. The monoisotopic (exact) mass is 254 g/mol. The van der Waals surface area contributed by atoms with Gasteiger partial charge in [0.05, 0.1) is 19.6 Å². The van der Waals surface area contributed by atoms with Crippen molar-refractivity contribution in [3.05, 3.63) is 11.7 Å². The lowest BCUT2D eigenvalue weighted by Crippen LogP contribution is -2.41. The van der Waals surface area contributed by atoms with E-state index in [1.165, 1.54) is 0 Å². The maximum Gasteiger partial charge on any atom is 0.230 e. The zero-order valence-electron chi connectivity index (χ0n) is 10.3. The van der Waals surface area contributed by atoms with Crippen molar-refractivity contribution in [1.82, 2.24) is 15.0 Å². The van der Waals surface area contributed by atoms with Crippen molar-refractivity contribution < 1.29 is 14.1 Å². The molecule has 100 valence electrons. The molecule has 0 bridgehead atoms. The Hall–Kier alpha value is -1.47. The summed E-state index contributed by atoms with van der Waals surface area (Å²) in [5.74, 6) is 1.01. The molecule has 0 unspecified atom stereocenters. The van der Waals surface area contributed by atoms with Gasteiger partial charge in [-0.05, 0) is 13.0 Å². The lowest BCUT2D eigenvalue weighted by atomic mass is 10.3. The normalized spacial score (nSPS) is 15.9. The van der Waals surface area contributed by atoms with Crippen LogP contribution in [0.15, 0.2) is 4.52 Å². The van der Waals surface area contributed by atoms with E-state index in [2.05, 4.69) is 10.1 Å². The van der Waals surface area contributed by atoms with E-state index in [1.54, 1.807) is 4.90 Å². The average molecular weight is 254 g/mol. The standard InChI is InChI=1S/C11H18N4O3/c12-3-1-2-10-13-9(14-18-10)8-11(16)15-4-6-17-7-5-15/h1-8,12H2. The third-order valence-electron chi connectivity index (χ3n) is 2.78. The molecular weight excluding hydrogens is 236 g/mol. The lowest BCUT2D eigenvalue weighted by Gasteiger charge is -2.26. The van der Waals surface area contributed by atoms with Crippen LogP contribution in [0.1, 0.15) is 18.1 Å². The molecule has 0 aromatic carbocycles. The molecule has 0 spiro atoms. The molecule has 7 nitrogen and oxygen atoms in total. The number of amides is 1. The number of carbonyl (C=O) groups excluding carboxylic acids is 1. The average Bonchev–Trinajstić information content (AvgIpc) is 2.85. The summed E-state index contributed by atoms with van der Waals surface area (Å²) < 4.78 is 10.2. The van der Waals surface area contributed by atoms with E-state index >= 15 is 0 Å². The van der Waals surface area contributed by atoms with Crippen molar-refractivity contribution in [2.24, 2.45) is 5.73 Å². The second kappa shape index (κ2) is 6.46. The number of morpholine rings is 1. The van der Waals surface area contributed by atoms with Crippen molar-refractivity contribution in [3.63, 3.8) is 0 Å². The molecule has 1 amide bonds. The summed E-state index contributed by atoms with van der Waals surface area (Å²) in [7, 11) is 0. The Morgan fingerprint density at radius 1 is 1.39 bits per heavy atom. The largest absolute Gasteiger partial charge is 0.378 e. The predicted molar refractivity (Wildman–Crippen MR) is 62.8 cm³/mol. The maximum atomic E-state index is 11.9. The zero-order valence-corrected chi connectivity index (χ0v) is 10.3. The predicted octanol–water partition coefficient (Wildman–Crippen LogP) is -0.638. The van der Waals surface area contributed by atoms with Crippen LogP contribution >= 0.6 is 0 Å². The highest BCUT2D eigenvalue weighted by Gasteiger charge is 2.19. The highest BCUT2D eigenvalue weighted by atomic mass is 16.5. The number of carbonyl (C=O) groups is 1. The Morgan fingerprint density at radius 3 is 2.89 bits per heavy atom. The van der Waals surface area contributed by atoms with E-state index in [0.717, 1.165) is 6.42 Å². The second-order valence-corrected chi connectivity index (χ2v) is 4.17. The lowest BCUT2D eigenvalue weighted by molar-refractivity contribution is -0.134. The first-order chi connectivity index (χ1) is 8.79. The van der Waals surface area contributed by atoms with E-state index in [-0.39, 0.29) is 12.3 Å². The van der Waals surface area contributed by atoms with Crippen LogP contribution < -0.4 is 5.73 Å². The highest BCUT2D eigenvalue weighted by molar-refractivity contribution is 5.78. The maximum absolute atomic E-state index is 11.9. The molecule has 0 saturated carbocycles. The molecule has 2 N–H and O–H groups in total. The molecule has 1 saturated heterocycles. The molecule has 0 aliphatic carbocycles. The van der Waals surface area contributed by atoms with Crippen molar-refractivity contribution in [2.75, 3.05) is 32.8 Å². The van der Waals surface area contributed by atoms with Gasteiger partial charge in [-0.25, -0.2) is 0 Å². The molecule has 0 atom stereocenters. The summed E-state index contributed by atoms with van der Waals surface area (Å²) in [6.45, 7) is 3.05. The van der Waals surface area contributed by atoms with Crippen LogP contribution in [0.5, 0.6) is 0 Å². The summed E-state index contributed by atoms with van der Waals surface area (Å²) in [6, 6.07) is 0. The summed E-state index contributed by atoms with van der Waals surface area (Å²) >= 11 is 0. The number of hydrogen-bond acceptors (Lipinski definition) is 6. The van der Waals surface area contributed by atoms with Gasteiger partial charge in [-0.15, -0.1) is 0 Å². The van der Waals surface area contributed by atoms with E-state index in [9.17, 15) is 4.79 Å². The van der Waals surface area contributed by atoms with Crippen LogP contribution in [0.3, 0.4) is 0 Å². The van der Waals surface area contributed by atoms with Crippen LogP contribution in [0.2, 0.25) is 0 Å². The second-order valence-electron chi connectivity index (χ2n) is 4.17. The number of hydrogen-bond donors (Lipinski definition) is 1. The Bertz CT molecular complexity index is 387. The van der Waals surface area contributed by atoms with Crippen LogP contribution in [0, 0.1) is 0 Å². The van der Waals surface area contributed by atoms with Gasteiger partial charge in [-0.3, -0.25) is 4.79 Å². The molecule has 0 radical (unpaired) electrons. The Balaban J connectivity index is 1.84. The number of aryl methyl sites for hydroxylation is 1. The SMILES string of the molecule is NCCCc1nc(CC(=O)N2CCOCC2)no1. The number of ether oxygens (including phenoxy) is 1. The minimum Gasteiger partial charge on any atom is -0.378 e. The third-order valence-corrected chi connectivity index (χ3v) is 2.78. The molecule has 2 heterocycles. The van der Waals surface area contributed by atoms with Crippen LogP contribution in [-0.2, 0) is 22.4 Å². The van der Waals surface area contributed by atoms with Crippen molar-refractivity contribution >= 4 is 5.91 Å². The number of aromatic nitrogens is 2. The van der Waals surface area contributed by atoms with E-state index < -0.39 is 0 Å². The van der Waals surface area contributed by atoms with Crippen molar-refractivity contribution in [2.45, 2.75) is 19.3 Å². The molecule has 1 fully saturated rings. The molecule has 18 heavy (non-hydrogen) atoms. The smallest absolute Gasteiger partial charge is 0.230 e. The van der Waals surface area contributed by atoms with Crippen LogP contribution in [0.4, 0.5) is 0 Å². The Kier molecular flexibility index (Phi) is 4.66. The fraction of sp³-hybridized carbons (Fsp3) is 0.727. The highest BCUT2D eigenvalue weighted by Crippen LogP contribution is 2.04. The van der Waals surface area contributed by atoms with E-state index in [4.69, 9.17) is 15.0 Å². The summed E-state index contributed by atoms with van der Waals surface area (Å²) in [6.07, 6.45) is 1.65. The van der Waals surface area contributed by atoms with Gasteiger partial charge in [0.25, 0.3) is 0 Å². The van der Waals surface area contributed by atoms with Gasteiger partial charge < -0.3 is 19.9 Å². The van der Waals surface area contributed by atoms with Crippen LogP contribution in [-0.4, -0.2) is 53.8 Å². The molecule has 1 aliphatic heterocycles. The van der Waals surface area contributed by atoms with Gasteiger partial charge in [0.2, 0.25) is 11.8 Å². The third kappa shape index (κ3) is 3.51. The number of nitrogens with two attached hydrogens (primary N) is 1. The summed E-state index contributed by atoms with van der Waals surface area (Å²) in [5.41, 5.74) is 5.40. The number of nitrogens with zero attached hydrogens (tertiary/aromatic N) is 3. The van der Waals surface area contributed by atoms with Gasteiger partial charge >= 0.3 is 0 Å². The molecule has 1 aromatic rings. The van der Waals surface area contributed by atoms with E-state index in [0.29, 0.717) is 51.0 Å². The molecule has 7 heteroatoms.